The van der Waals surface area contributed by atoms with E-state index in [0.29, 0.717) is 12.6 Å². The maximum atomic E-state index is 12.0. The molecule has 29 heavy (non-hydrogen) atoms. The van der Waals surface area contributed by atoms with E-state index in [1.165, 1.54) is 38.5 Å². The number of unbranched alkanes of at least 4 members (excludes halogenated alkanes) is 1. The lowest BCUT2D eigenvalue weighted by atomic mass is 10.0. The largest absolute Gasteiger partial charge is 0.493 e. The number of ether oxygens (including phenoxy) is 1. The summed E-state index contributed by atoms with van der Waals surface area (Å²) in [5.74, 6) is 2.58. The Labute approximate surface area is 175 Å². The van der Waals surface area contributed by atoms with Crippen LogP contribution >= 0.6 is 0 Å². The van der Waals surface area contributed by atoms with Crippen LogP contribution in [0.5, 0.6) is 5.75 Å². The Balaban J connectivity index is 1.54. The van der Waals surface area contributed by atoms with E-state index in [9.17, 15) is 4.79 Å². The van der Waals surface area contributed by atoms with Crippen LogP contribution in [0.1, 0.15) is 63.0 Å². The molecule has 1 aromatic rings. The van der Waals surface area contributed by atoms with Gasteiger partial charge in [-0.1, -0.05) is 56.7 Å². The first-order chi connectivity index (χ1) is 14.1. The summed E-state index contributed by atoms with van der Waals surface area (Å²) in [5.41, 5.74) is 1.15. The molecule has 1 aliphatic carbocycles. The van der Waals surface area contributed by atoms with Gasteiger partial charge in [0.2, 0.25) is 5.91 Å². The van der Waals surface area contributed by atoms with E-state index in [1.807, 2.05) is 18.2 Å². The molecule has 1 aliphatic heterocycles. The summed E-state index contributed by atoms with van der Waals surface area (Å²) in [6.45, 7) is 1.70. The third kappa shape index (κ3) is 6.65. The van der Waals surface area contributed by atoms with Gasteiger partial charge >= 0.3 is 0 Å². The van der Waals surface area contributed by atoms with E-state index in [4.69, 9.17) is 4.74 Å². The van der Waals surface area contributed by atoms with Gasteiger partial charge in [0.1, 0.15) is 12.3 Å². The minimum Gasteiger partial charge on any atom is -0.493 e. The average molecular weight is 401 g/mol. The Kier molecular flexibility index (Phi) is 8.20. The average Bonchev–Trinajstić information content (AvgIpc) is 3.25. The number of carbonyl (C=O) groups is 1. The Morgan fingerprint density at radius 2 is 1.97 bits per heavy atom. The molecular formula is C23H36N4O2. The van der Waals surface area contributed by atoms with Gasteiger partial charge in [-0.3, -0.25) is 4.79 Å². The molecule has 1 unspecified atom stereocenters. The topological polar surface area (TPSA) is 66.0 Å². The van der Waals surface area contributed by atoms with Crippen LogP contribution in [0, 0.1) is 5.92 Å². The highest BCUT2D eigenvalue weighted by Gasteiger charge is 2.22. The number of fused-ring (bicyclic) bond motifs is 1. The van der Waals surface area contributed by atoms with Gasteiger partial charge in [-0.25, -0.2) is 4.99 Å². The number of hydrogen-bond acceptors (Lipinski definition) is 3. The fraction of sp³-hybridized carbons (Fsp3) is 0.652. The van der Waals surface area contributed by atoms with Gasteiger partial charge in [-0.05, 0) is 18.4 Å². The molecule has 6 nitrogen and oxygen atoms in total. The van der Waals surface area contributed by atoms with Gasteiger partial charge in [0.25, 0.3) is 0 Å². The fourth-order valence-corrected chi connectivity index (χ4v) is 4.16. The Hall–Kier alpha value is -2.24. The van der Waals surface area contributed by atoms with Gasteiger partial charge in [0.05, 0.1) is 12.6 Å². The predicted octanol–water partition coefficient (Wildman–Crippen LogP) is 3.49. The second-order valence-corrected chi connectivity index (χ2v) is 8.40. The molecule has 2 N–H and O–H groups in total. The molecule has 0 radical (unpaired) electrons. The van der Waals surface area contributed by atoms with Crippen LogP contribution in [-0.2, 0) is 4.79 Å². The van der Waals surface area contributed by atoms with E-state index in [0.717, 1.165) is 36.6 Å². The highest BCUT2D eigenvalue weighted by molar-refractivity contribution is 5.85. The van der Waals surface area contributed by atoms with E-state index < -0.39 is 0 Å². The summed E-state index contributed by atoms with van der Waals surface area (Å²) in [6, 6.07) is 8.27. The number of carbonyl (C=O) groups excluding carboxylic acids is 1. The normalized spacial score (nSPS) is 19.4. The number of likely N-dealkylation sites (N-methyl/N-ethyl adjacent to an activating group) is 1. The van der Waals surface area contributed by atoms with Crippen LogP contribution in [-0.4, -0.2) is 50.6 Å². The number of hydrogen-bond donors (Lipinski definition) is 2. The SMILES string of the molecule is CN(C)C(=O)CN=C(NCCCCC1CCCC1)NC1CCOc2ccccc21. The van der Waals surface area contributed by atoms with E-state index in [2.05, 4.69) is 21.7 Å². The summed E-state index contributed by atoms with van der Waals surface area (Å²) < 4.78 is 5.77. The summed E-state index contributed by atoms with van der Waals surface area (Å²) in [4.78, 5) is 18.1. The van der Waals surface area contributed by atoms with Crippen molar-refractivity contribution in [1.82, 2.24) is 15.5 Å². The summed E-state index contributed by atoms with van der Waals surface area (Å²) >= 11 is 0. The van der Waals surface area contributed by atoms with Gasteiger partial charge in [-0.15, -0.1) is 0 Å². The monoisotopic (exact) mass is 400 g/mol. The molecule has 0 saturated heterocycles. The molecule has 0 spiro atoms. The number of nitrogens with one attached hydrogen (secondary N) is 2. The second-order valence-electron chi connectivity index (χ2n) is 8.40. The van der Waals surface area contributed by atoms with Crippen molar-refractivity contribution in [3.05, 3.63) is 29.8 Å². The number of para-hydroxylation sites is 1. The first kappa shape index (κ1) is 21.5. The Bertz CT molecular complexity index is 683. The van der Waals surface area contributed by atoms with Crippen LogP contribution in [0.4, 0.5) is 0 Å². The maximum Gasteiger partial charge on any atom is 0.243 e. The lowest BCUT2D eigenvalue weighted by Gasteiger charge is -2.28. The third-order valence-corrected chi connectivity index (χ3v) is 5.95. The number of amides is 1. The number of rotatable bonds is 8. The molecule has 1 amide bonds. The van der Waals surface area contributed by atoms with Gasteiger partial charge in [0, 0.05) is 32.6 Å². The van der Waals surface area contributed by atoms with E-state index in [-0.39, 0.29) is 18.5 Å². The Morgan fingerprint density at radius 3 is 2.76 bits per heavy atom. The zero-order valence-electron chi connectivity index (χ0n) is 18.0. The molecule has 6 heteroatoms. The van der Waals surface area contributed by atoms with Gasteiger partial charge < -0.3 is 20.3 Å². The minimum atomic E-state index is -0.000268. The summed E-state index contributed by atoms with van der Waals surface area (Å²) in [7, 11) is 3.52. The minimum absolute atomic E-state index is 0.000268. The van der Waals surface area contributed by atoms with Crippen molar-refractivity contribution >= 4 is 11.9 Å². The highest BCUT2D eigenvalue weighted by Crippen LogP contribution is 2.31. The van der Waals surface area contributed by atoms with Crippen molar-refractivity contribution in [2.24, 2.45) is 10.9 Å². The molecule has 1 fully saturated rings. The molecule has 0 bridgehead atoms. The van der Waals surface area contributed by atoms with Crippen LogP contribution in [0.25, 0.3) is 0 Å². The molecule has 3 rings (SSSR count). The smallest absolute Gasteiger partial charge is 0.243 e. The molecule has 1 saturated carbocycles. The summed E-state index contributed by atoms with van der Waals surface area (Å²) in [5, 5.41) is 6.97. The molecule has 0 aromatic heterocycles. The molecular weight excluding hydrogens is 364 g/mol. The van der Waals surface area contributed by atoms with E-state index in [1.54, 1.807) is 19.0 Å². The highest BCUT2D eigenvalue weighted by atomic mass is 16.5. The number of guanidine groups is 1. The van der Waals surface area contributed by atoms with Crippen LogP contribution < -0.4 is 15.4 Å². The van der Waals surface area contributed by atoms with Gasteiger partial charge in [-0.2, -0.15) is 0 Å². The number of aliphatic imine (C=N–C) groups is 1. The first-order valence-electron chi connectivity index (χ1n) is 11.1. The van der Waals surface area contributed by atoms with Crippen LogP contribution in [0.15, 0.2) is 29.3 Å². The number of nitrogens with zero attached hydrogens (tertiary/aromatic N) is 2. The summed E-state index contributed by atoms with van der Waals surface area (Å²) in [6.07, 6.45) is 10.3. The Morgan fingerprint density at radius 1 is 1.17 bits per heavy atom. The first-order valence-corrected chi connectivity index (χ1v) is 11.1. The number of benzene rings is 1. The zero-order chi connectivity index (χ0) is 20.5. The lowest BCUT2D eigenvalue weighted by Crippen LogP contribution is -2.42. The van der Waals surface area contributed by atoms with E-state index >= 15 is 0 Å². The van der Waals surface area contributed by atoms with Crippen molar-refractivity contribution in [2.45, 2.75) is 57.4 Å². The molecule has 2 aliphatic rings. The van der Waals surface area contributed by atoms with Crippen molar-refractivity contribution in [1.29, 1.82) is 0 Å². The quantitative estimate of drug-likeness (QED) is 0.398. The van der Waals surface area contributed by atoms with Crippen molar-refractivity contribution in [2.75, 3.05) is 33.8 Å². The standard InChI is InChI=1S/C23H36N4O2/c1-27(2)22(28)17-25-23(24-15-8-7-11-18-9-3-4-10-18)26-20-14-16-29-21-13-6-5-12-19(20)21/h5-6,12-13,18,20H,3-4,7-11,14-17H2,1-2H3,(H2,24,25,26). The molecule has 1 atom stereocenters. The zero-order valence-corrected chi connectivity index (χ0v) is 18.0. The van der Waals surface area contributed by atoms with Crippen LogP contribution in [0.3, 0.4) is 0 Å². The maximum absolute atomic E-state index is 12.0. The van der Waals surface area contributed by atoms with Crippen LogP contribution in [0.2, 0.25) is 0 Å². The second kappa shape index (κ2) is 11.1. The van der Waals surface area contributed by atoms with Crippen molar-refractivity contribution in [3.63, 3.8) is 0 Å². The van der Waals surface area contributed by atoms with Crippen molar-refractivity contribution < 1.29 is 9.53 Å². The molecule has 160 valence electrons. The lowest BCUT2D eigenvalue weighted by molar-refractivity contribution is -0.127. The fourth-order valence-electron chi connectivity index (χ4n) is 4.16. The molecule has 1 heterocycles. The molecule has 1 aromatic carbocycles. The van der Waals surface area contributed by atoms with Gasteiger partial charge in [0.15, 0.2) is 5.96 Å². The third-order valence-electron chi connectivity index (χ3n) is 5.95. The predicted molar refractivity (Wildman–Crippen MR) is 117 cm³/mol. The van der Waals surface area contributed by atoms with Crippen molar-refractivity contribution in [3.8, 4) is 5.75 Å².